The lowest BCUT2D eigenvalue weighted by atomic mass is 9.65. The number of aromatic nitrogens is 2. The van der Waals surface area contributed by atoms with Crippen LogP contribution < -0.4 is 26.2 Å². The van der Waals surface area contributed by atoms with Crippen LogP contribution in [-0.4, -0.2) is 35.1 Å². The number of anilines is 3. The van der Waals surface area contributed by atoms with Crippen molar-refractivity contribution in [1.82, 2.24) is 15.4 Å². The molecule has 0 spiro atoms. The number of halogens is 2. The van der Waals surface area contributed by atoms with Crippen LogP contribution in [0.25, 0.3) is 0 Å². The molecule has 2 bridgehead atoms. The molecule has 10 heteroatoms. The highest BCUT2D eigenvalue weighted by Crippen LogP contribution is 2.53. The topological polar surface area (TPSA) is 105 Å². The number of fused-ring (bicyclic) bond motifs is 2. The van der Waals surface area contributed by atoms with E-state index in [2.05, 4.69) is 46.5 Å². The van der Waals surface area contributed by atoms with Gasteiger partial charge >= 0.3 is 0 Å². The number of rotatable bonds is 6. The standard InChI is InChI=1S/C22H28Cl2N6O2/c1-21(2)7-14-8-22(3,10-21)11-30(14)20-18(25)19(26-12-27-20)29-28-17(31)9-32-16-5-4-13(23)6-15(16)24/h4-6,12,14H,7-11,25H2,1-3H3,(H,28,31)(H,26,27,29). The Hall–Kier alpha value is -2.45. The number of hydrogen-bond acceptors (Lipinski definition) is 7. The minimum Gasteiger partial charge on any atom is -0.482 e. The number of carbonyl (C=O) groups is 1. The zero-order valence-electron chi connectivity index (χ0n) is 18.4. The summed E-state index contributed by atoms with van der Waals surface area (Å²) in [5, 5.41) is 0.818. The summed E-state index contributed by atoms with van der Waals surface area (Å²) in [5.41, 5.74) is 12.7. The van der Waals surface area contributed by atoms with Crippen molar-refractivity contribution >= 4 is 46.4 Å². The van der Waals surface area contributed by atoms with Gasteiger partial charge in [-0.3, -0.25) is 15.6 Å². The first-order valence-corrected chi connectivity index (χ1v) is 11.3. The summed E-state index contributed by atoms with van der Waals surface area (Å²) in [6.07, 6.45) is 4.86. The van der Waals surface area contributed by atoms with Crippen molar-refractivity contribution in [3.63, 3.8) is 0 Å². The molecule has 1 saturated carbocycles. The van der Waals surface area contributed by atoms with Crippen molar-refractivity contribution in [2.45, 2.75) is 46.1 Å². The number of ether oxygens (including phenoxy) is 1. The predicted molar refractivity (Wildman–Crippen MR) is 127 cm³/mol. The number of nitrogens with zero attached hydrogens (tertiary/aromatic N) is 3. The third kappa shape index (κ3) is 4.81. The number of hydrazine groups is 1. The van der Waals surface area contributed by atoms with Crippen molar-refractivity contribution in [2.24, 2.45) is 10.8 Å². The fourth-order valence-corrected chi connectivity index (χ4v) is 5.79. The molecule has 8 nitrogen and oxygen atoms in total. The monoisotopic (exact) mass is 478 g/mol. The van der Waals surface area contributed by atoms with Gasteiger partial charge in [0.1, 0.15) is 17.8 Å². The van der Waals surface area contributed by atoms with Gasteiger partial charge in [-0.05, 0) is 48.3 Å². The lowest BCUT2D eigenvalue weighted by Crippen LogP contribution is -2.36. The molecule has 2 atom stereocenters. The first-order chi connectivity index (χ1) is 15.1. The molecule has 1 aromatic carbocycles. The van der Waals surface area contributed by atoms with Crippen LogP contribution in [0, 0.1) is 10.8 Å². The highest BCUT2D eigenvalue weighted by Gasteiger charge is 2.50. The summed E-state index contributed by atoms with van der Waals surface area (Å²) in [4.78, 5) is 23.2. The number of nitrogens with one attached hydrogen (secondary N) is 2. The van der Waals surface area contributed by atoms with Gasteiger partial charge in [0.15, 0.2) is 18.2 Å². The van der Waals surface area contributed by atoms with E-state index in [0.717, 1.165) is 19.4 Å². The van der Waals surface area contributed by atoms with Crippen LogP contribution in [0.1, 0.15) is 40.0 Å². The predicted octanol–water partition coefficient (Wildman–Crippen LogP) is 4.29. The Morgan fingerprint density at radius 3 is 2.81 bits per heavy atom. The molecule has 32 heavy (non-hydrogen) atoms. The Balaban J connectivity index is 1.39. The highest BCUT2D eigenvalue weighted by molar-refractivity contribution is 6.35. The molecule has 1 aromatic heterocycles. The lowest BCUT2D eigenvalue weighted by Gasteiger charge is -2.39. The van der Waals surface area contributed by atoms with Crippen molar-refractivity contribution < 1.29 is 9.53 Å². The maximum atomic E-state index is 12.2. The average Bonchev–Trinajstić information content (AvgIpc) is 2.95. The molecule has 4 N–H and O–H groups in total. The second kappa shape index (κ2) is 8.48. The Labute approximate surface area is 197 Å². The largest absolute Gasteiger partial charge is 0.482 e. The third-order valence-electron chi connectivity index (χ3n) is 6.12. The molecule has 2 unspecified atom stereocenters. The van der Waals surface area contributed by atoms with Gasteiger partial charge in [-0.15, -0.1) is 0 Å². The number of hydrogen-bond donors (Lipinski definition) is 3. The van der Waals surface area contributed by atoms with Crippen molar-refractivity contribution in [2.75, 3.05) is 29.2 Å². The van der Waals surface area contributed by atoms with Gasteiger partial charge in [-0.1, -0.05) is 44.0 Å². The van der Waals surface area contributed by atoms with Gasteiger partial charge in [0.2, 0.25) is 0 Å². The van der Waals surface area contributed by atoms with E-state index in [1.54, 1.807) is 18.2 Å². The lowest BCUT2D eigenvalue weighted by molar-refractivity contribution is -0.122. The molecule has 1 aliphatic carbocycles. The van der Waals surface area contributed by atoms with Gasteiger partial charge < -0.3 is 15.4 Å². The van der Waals surface area contributed by atoms with Crippen LogP contribution in [0.3, 0.4) is 0 Å². The molecule has 1 amide bonds. The van der Waals surface area contributed by atoms with Gasteiger partial charge in [-0.2, -0.15) is 0 Å². The van der Waals surface area contributed by atoms with Crippen LogP contribution >= 0.6 is 23.2 Å². The minimum absolute atomic E-state index is 0.242. The fourth-order valence-electron chi connectivity index (χ4n) is 5.32. The molecule has 0 radical (unpaired) electrons. The van der Waals surface area contributed by atoms with Crippen LogP contribution in [0.2, 0.25) is 10.0 Å². The van der Waals surface area contributed by atoms with E-state index in [-0.39, 0.29) is 17.4 Å². The first kappa shape index (κ1) is 22.7. The molecule has 2 aliphatic rings. The van der Waals surface area contributed by atoms with Crippen LogP contribution in [0.5, 0.6) is 5.75 Å². The summed E-state index contributed by atoms with van der Waals surface area (Å²) in [6, 6.07) is 5.18. The molecule has 4 rings (SSSR count). The SMILES string of the molecule is CC1(C)CC2CC(C)(CN2c2ncnc(NNC(=O)COc3ccc(Cl)cc3Cl)c2N)C1. The second-order valence-corrected chi connectivity index (χ2v) is 10.7. The molecule has 172 valence electrons. The summed E-state index contributed by atoms with van der Waals surface area (Å²) >= 11 is 11.9. The van der Waals surface area contributed by atoms with Crippen LogP contribution in [0.15, 0.2) is 24.5 Å². The molecule has 2 aromatic rings. The quantitative estimate of drug-likeness (QED) is 0.531. The van der Waals surface area contributed by atoms with Crippen molar-refractivity contribution in [3.05, 3.63) is 34.6 Å². The Morgan fingerprint density at radius 1 is 1.28 bits per heavy atom. The molecular weight excluding hydrogens is 451 g/mol. The van der Waals surface area contributed by atoms with Crippen molar-refractivity contribution in [3.8, 4) is 5.75 Å². The Bertz CT molecular complexity index is 1030. The van der Waals surface area contributed by atoms with E-state index < -0.39 is 5.91 Å². The maximum Gasteiger partial charge on any atom is 0.276 e. The van der Waals surface area contributed by atoms with Gasteiger partial charge in [-0.25, -0.2) is 9.97 Å². The fraction of sp³-hybridized carbons (Fsp3) is 0.500. The molecule has 1 aliphatic heterocycles. The number of nitrogens with two attached hydrogens (primary N) is 1. The molecule has 2 fully saturated rings. The number of nitrogen functional groups attached to an aromatic ring is 1. The molecule has 1 saturated heterocycles. The smallest absolute Gasteiger partial charge is 0.276 e. The zero-order chi connectivity index (χ0) is 23.1. The van der Waals surface area contributed by atoms with E-state index in [0.29, 0.717) is 39.2 Å². The summed E-state index contributed by atoms with van der Waals surface area (Å²) in [6.45, 7) is 7.65. The van der Waals surface area contributed by atoms with Gasteiger partial charge in [0, 0.05) is 17.6 Å². The average molecular weight is 479 g/mol. The zero-order valence-corrected chi connectivity index (χ0v) is 19.9. The number of carbonyl (C=O) groups excluding carboxylic acids is 1. The normalized spacial score (nSPS) is 23.7. The Kier molecular flexibility index (Phi) is 6.02. The highest BCUT2D eigenvalue weighted by atomic mass is 35.5. The van der Waals surface area contributed by atoms with E-state index in [4.69, 9.17) is 33.7 Å². The molecule has 2 heterocycles. The number of amides is 1. The summed E-state index contributed by atoms with van der Waals surface area (Å²) in [5.74, 6) is 1.000. The molecular formula is C22H28Cl2N6O2. The van der Waals surface area contributed by atoms with Crippen LogP contribution in [0.4, 0.5) is 17.3 Å². The summed E-state index contributed by atoms with van der Waals surface area (Å²) in [7, 11) is 0. The Morgan fingerprint density at radius 2 is 2.06 bits per heavy atom. The number of benzene rings is 1. The maximum absolute atomic E-state index is 12.2. The van der Waals surface area contributed by atoms with Crippen LogP contribution in [-0.2, 0) is 4.79 Å². The minimum atomic E-state index is -0.415. The van der Waals surface area contributed by atoms with E-state index in [1.165, 1.54) is 12.7 Å². The van der Waals surface area contributed by atoms with Gasteiger partial charge in [0.25, 0.3) is 5.91 Å². The summed E-state index contributed by atoms with van der Waals surface area (Å²) < 4.78 is 5.44. The van der Waals surface area contributed by atoms with Crippen molar-refractivity contribution in [1.29, 1.82) is 0 Å². The second-order valence-electron chi connectivity index (χ2n) is 9.84. The van der Waals surface area contributed by atoms with Gasteiger partial charge in [0.05, 0.1) is 5.02 Å². The van der Waals surface area contributed by atoms with E-state index >= 15 is 0 Å². The third-order valence-corrected chi connectivity index (χ3v) is 6.65. The van der Waals surface area contributed by atoms with E-state index in [1.807, 2.05) is 0 Å². The first-order valence-electron chi connectivity index (χ1n) is 10.6. The van der Waals surface area contributed by atoms with E-state index in [9.17, 15) is 4.79 Å².